The molecule has 144 valence electrons. The number of hydrogen-bond acceptors (Lipinski definition) is 3. The van der Waals surface area contributed by atoms with E-state index in [0.717, 1.165) is 29.3 Å². The molecule has 6 heteroatoms. The smallest absolute Gasteiger partial charge is 0.340 e. The molecule has 0 saturated carbocycles. The molecule has 2 aromatic carbocycles. The van der Waals surface area contributed by atoms with E-state index in [2.05, 4.69) is 10.3 Å². The van der Waals surface area contributed by atoms with Crippen molar-refractivity contribution >= 4 is 40.1 Å². The van der Waals surface area contributed by atoms with Crippen molar-refractivity contribution in [3.63, 3.8) is 0 Å². The molecular formula is C22H21ClN2O3. The van der Waals surface area contributed by atoms with Gasteiger partial charge in [0.25, 0.3) is 0 Å². The van der Waals surface area contributed by atoms with Crippen molar-refractivity contribution in [1.29, 1.82) is 0 Å². The molecule has 28 heavy (non-hydrogen) atoms. The lowest BCUT2D eigenvalue weighted by molar-refractivity contribution is -0.120. The van der Waals surface area contributed by atoms with Crippen molar-refractivity contribution in [2.24, 2.45) is 5.92 Å². The summed E-state index contributed by atoms with van der Waals surface area (Å²) in [7, 11) is 0. The molecule has 1 aromatic heterocycles. The number of aromatic amines is 1. The highest BCUT2D eigenvalue weighted by molar-refractivity contribution is 6.31. The van der Waals surface area contributed by atoms with Gasteiger partial charge in [-0.2, -0.15) is 0 Å². The molecule has 3 aromatic rings. The minimum absolute atomic E-state index is 0.0845. The predicted molar refractivity (Wildman–Crippen MR) is 110 cm³/mol. The molecule has 0 spiro atoms. The van der Waals surface area contributed by atoms with Crippen molar-refractivity contribution in [2.75, 3.05) is 11.9 Å². The number of carbonyl (C=O) groups excluding carboxylic acids is 2. The van der Waals surface area contributed by atoms with Gasteiger partial charge in [-0.3, -0.25) is 4.79 Å². The number of halogens is 1. The Morgan fingerprint density at radius 2 is 2.07 bits per heavy atom. The van der Waals surface area contributed by atoms with Crippen molar-refractivity contribution < 1.29 is 14.3 Å². The van der Waals surface area contributed by atoms with Crippen LogP contribution in [0.3, 0.4) is 0 Å². The first-order chi connectivity index (χ1) is 13.6. The Morgan fingerprint density at radius 1 is 1.25 bits per heavy atom. The van der Waals surface area contributed by atoms with Crippen LogP contribution in [0.1, 0.15) is 35.0 Å². The van der Waals surface area contributed by atoms with Gasteiger partial charge in [0.1, 0.15) is 0 Å². The van der Waals surface area contributed by atoms with Crippen LogP contribution in [-0.4, -0.2) is 23.5 Å². The van der Waals surface area contributed by atoms with Gasteiger partial charge in [-0.15, -0.1) is 0 Å². The van der Waals surface area contributed by atoms with Gasteiger partial charge in [0.05, 0.1) is 17.9 Å². The van der Waals surface area contributed by atoms with Crippen LogP contribution in [0.15, 0.2) is 42.5 Å². The van der Waals surface area contributed by atoms with Crippen LogP contribution >= 0.6 is 11.6 Å². The van der Waals surface area contributed by atoms with E-state index in [1.807, 2.05) is 18.2 Å². The SMILES string of the molecule is CCOC(=O)c1ccccc1NC(=O)C1CCc2[nH]c3ccc(Cl)cc3c2C1. The molecule has 1 aliphatic carbocycles. The molecule has 1 amide bonds. The predicted octanol–water partition coefficient (Wildman–Crippen LogP) is 4.74. The third-order valence-electron chi connectivity index (χ3n) is 5.20. The van der Waals surface area contributed by atoms with Crippen molar-refractivity contribution in [1.82, 2.24) is 4.98 Å². The number of aromatic nitrogens is 1. The number of aryl methyl sites for hydroxylation is 1. The van der Waals surface area contributed by atoms with E-state index in [1.54, 1.807) is 31.2 Å². The second-order valence-corrected chi connectivity index (χ2v) is 7.40. The summed E-state index contributed by atoms with van der Waals surface area (Å²) in [6, 6.07) is 12.7. The lowest BCUT2D eigenvalue weighted by atomic mass is 9.85. The first-order valence-corrected chi connectivity index (χ1v) is 9.80. The number of amides is 1. The van der Waals surface area contributed by atoms with Crippen molar-refractivity contribution in [3.8, 4) is 0 Å². The number of hydrogen-bond donors (Lipinski definition) is 2. The highest BCUT2D eigenvalue weighted by Gasteiger charge is 2.28. The number of fused-ring (bicyclic) bond motifs is 3. The zero-order valence-electron chi connectivity index (χ0n) is 15.5. The van der Waals surface area contributed by atoms with Crippen LogP contribution in [0.2, 0.25) is 5.02 Å². The molecule has 1 aliphatic rings. The monoisotopic (exact) mass is 396 g/mol. The number of anilines is 1. The normalized spacial score (nSPS) is 15.9. The minimum Gasteiger partial charge on any atom is -0.462 e. The number of rotatable bonds is 4. The fourth-order valence-corrected chi connectivity index (χ4v) is 4.00. The van der Waals surface area contributed by atoms with Crippen LogP contribution < -0.4 is 5.32 Å². The van der Waals surface area contributed by atoms with Crippen molar-refractivity contribution in [3.05, 3.63) is 64.3 Å². The zero-order valence-corrected chi connectivity index (χ0v) is 16.3. The Kier molecular flexibility index (Phi) is 5.09. The fraction of sp³-hybridized carbons (Fsp3) is 0.273. The summed E-state index contributed by atoms with van der Waals surface area (Å²) in [5.41, 5.74) is 4.23. The molecule has 2 N–H and O–H groups in total. The third kappa shape index (κ3) is 3.50. The Morgan fingerprint density at radius 3 is 2.89 bits per heavy atom. The first-order valence-electron chi connectivity index (χ1n) is 9.42. The van der Waals surface area contributed by atoms with E-state index in [0.29, 0.717) is 22.7 Å². The van der Waals surface area contributed by atoms with Crippen LogP contribution in [0, 0.1) is 5.92 Å². The number of para-hydroxylation sites is 1. The third-order valence-corrected chi connectivity index (χ3v) is 5.44. The maximum Gasteiger partial charge on any atom is 0.340 e. The number of H-pyrrole nitrogens is 1. The summed E-state index contributed by atoms with van der Waals surface area (Å²) >= 11 is 6.16. The van der Waals surface area contributed by atoms with Gasteiger partial charge in [-0.25, -0.2) is 4.79 Å². The molecule has 1 atom stereocenters. The van der Waals surface area contributed by atoms with E-state index in [4.69, 9.17) is 16.3 Å². The Bertz CT molecular complexity index is 1060. The summed E-state index contributed by atoms with van der Waals surface area (Å²) in [6.45, 7) is 2.04. The molecule has 0 fully saturated rings. The van der Waals surface area contributed by atoms with E-state index in [9.17, 15) is 9.59 Å². The van der Waals surface area contributed by atoms with Crippen LogP contribution in [0.25, 0.3) is 10.9 Å². The lowest BCUT2D eigenvalue weighted by Crippen LogP contribution is -2.28. The summed E-state index contributed by atoms with van der Waals surface area (Å²) in [5, 5.41) is 4.69. The second kappa shape index (κ2) is 7.68. The average molecular weight is 397 g/mol. The molecule has 0 radical (unpaired) electrons. The maximum atomic E-state index is 12.9. The zero-order chi connectivity index (χ0) is 19.7. The van der Waals surface area contributed by atoms with Gasteiger partial charge in [0.2, 0.25) is 5.91 Å². The highest BCUT2D eigenvalue weighted by atomic mass is 35.5. The Hall–Kier alpha value is -2.79. The Balaban J connectivity index is 1.56. The number of benzene rings is 2. The molecule has 1 unspecified atom stereocenters. The van der Waals surface area contributed by atoms with E-state index < -0.39 is 5.97 Å². The molecular weight excluding hydrogens is 376 g/mol. The second-order valence-electron chi connectivity index (χ2n) is 6.97. The number of ether oxygens (including phenoxy) is 1. The molecule has 1 heterocycles. The maximum absolute atomic E-state index is 12.9. The molecule has 0 aliphatic heterocycles. The molecule has 0 bridgehead atoms. The van der Waals surface area contributed by atoms with Gasteiger partial charge in [-0.05, 0) is 62.1 Å². The van der Waals surface area contributed by atoms with E-state index in [-0.39, 0.29) is 18.4 Å². The standard InChI is InChI=1S/C22H21ClN2O3/c1-2-28-22(27)15-5-3-4-6-18(15)25-21(26)13-7-9-19-16(11-13)17-12-14(23)8-10-20(17)24-19/h3-6,8,10,12-13,24H,2,7,9,11H2,1H3,(H,25,26). The van der Waals surface area contributed by atoms with Crippen LogP contribution in [-0.2, 0) is 22.4 Å². The van der Waals surface area contributed by atoms with Crippen molar-refractivity contribution in [2.45, 2.75) is 26.2 Å². The number of nitrogens with one attached hydrogen (secondary N) is 2. The van der Waals surface area contributed by atoms with Crippen LogP contribution in [0.4, 0.5) is 5.69 Å². The minimum atomic E-state index is -0.435. The van der Waals surface area contributed by atoms with Gasteiger partial charge in [-0.1, -0.05) is 23.7 Å². The first kappa shape index (κ1) is 18.6. The molecule has 4 rings (SSSR count). The van der Waals surface area contributed by atoms with Gasteiger partial charge in [0, 0.05) is 27.5 Å². The van der Waals surface area contributed by atoms with E-state index >= 15 is 0 Å². The van der Waals surface area contributed by atoms with Crippen LogP contribution in [0.5, 0.6) is 0 Å². The van der Waals surface area contributed by atoms with Gasteiger partial charge < -0.3 is 15.0 Å². The number of carbonyl (C=O) groups is 2. The quantitative estimate of drug-likeness (QED) is 0.625. The van der Waals surface area contributed by atoms with Gasteiger partial charge in [0.15, 0.2) is 0 Å². The highest BCUT2D eigenvalue weighted by Crippen LogP contribution is 2.33. The summed E-state index contributed by atoms with van der Waals surface area (Å²) in [4.78, 5) is 28.5. The largest absolute Gasteiger partial charge is 0.462 e. The fourth-order valence-electron chi connectivity index (χ4n) is 3.83. The summed E-state index contributed by atoms with van der Waals surface area (Å²) < 4.78 is 5.08. The topological polar surface area (TPSA) is 71.2 Å². The average Bonchev–Trinajstić information content (AvgIpc) is 3.05. The van der Waals surface area contributed by atoms with Gasteiger partial charge >= 0.3 is 5.97 Å². The number of esters is 1. The lowest BCUT2D eigenvalue weighted by Gasteiger charge is -2.22. The molecule has 0 saturated heterocycles. The molecule has 5 nitrogen and oxygen atoms in total. The summed E-state index contributed by atoms with van der Waals surface area (Å²) in [6.07, 6.45) is 2.20. The Labute approximate surface area is 168 Å². The summed E-state index contributed by atoms with van der Waals surface area (Å²) in [5.74, 6) is -0.685. The van der Waals surface area contributed by atoms with E-state index in [1.165, 1.54) is 5.69 Å².